The minimum absolute atomic E-state index is 0.0185. The maximum atomic E-state index is 12.9. The molecule has 0 fully saturated rings. The van der Waals surface area contributed by atoms with Gasteiger partial charge in [0.05, 0.1) is 0 Å². The number of nitrogens with zero attached hydrogens (tertiary/aromatic N) is 2. The Hall–Kier alpha value is -2.62. The summed E-state index contributed by atoms with van der Waals surface area (Å²) in [5.74, 6) is -0.102. The number of amides is 2. The molecule has 0 radical (unpaired) electrons. The van der Waals surface area contributed by atoms with Crippen LogP contribution >= 0.6 is 0 Å². The fourth-order valence-electron chi connectivity index (χ4n) is 3.35. The molecular weight excluding hydrogens is 312 g/mol. The Morgan fingerprint density at radius 3 is 2.68 bits per heavy atom. The first-order valence-electron chi connectivity index (χ1n) is 8.74. The lowest BCUT2D eigenvalue weighted by atomic mass is 10.0. The van der Waals surface area contributed by atoms with Crippen LogP contribution in [0, 0.1) is 6.92 Å². The zero-order valence-electron chi connectivity index (χ0n) is 14.9. The van der Waals surface area contributed by atoms with Crippen molar-refractivity contribution in [1.82, 2.24) is 4.90 Å². The van der Waals surface area contributed by atoms with Crippen LogP contribution in [-0.4, -0.2) is 29.8 Å². The van der Waals surface area contributed by atoms with Crippen LogP contribution < -0.4 is 4.90 Å². The quantitative estimate of drug-likeness (QED) is 0.859. The molecule has 0 unspecified atom stereocenters. The monoisotopic (exact) mass is 336 g/mol. The summed E-state index contributed by atoms with van der Waals surface area (Å²) in [6, 6.07) is 16.1. The van der Waals surface area contributed by atoms with E-state index in [1.807, 2.05) is 48.2 Å². The normalized spacial score (nSPS) is 13.3. The molecule has 0 spiro atoms. The fraction of sp³-hybridized carbons (Fsp3) is 0.333. The van der Waals surface area contributed by atoms with Crippen LogP contribution in [0.25, 0.3) is 0 Å². The van der Waals surface area contributed by atoms with Crippen LogP contribution in [0.5, 0.6) is 0 Å². The van der Waals surface area contributed by atoms with Crippen molar-refractivity contribution in [1.29, 1.82) is 0 Å². The summed E-state index contributed by atoms with van der Waals surface area (Å²) in [4.78, 5) is 28.4. The number of para-hydroxylation sites is 1. The highest BCUT2D eigenvalue weighted by Crippen LogP contribution is 2.26. The predicted octanol–water partition coefficient (Wildman–Crippen LogP) is 3.32. The van der Waals surface area contributed by atoms with Crippen molar-refractivity contribution in [2.45, 2.75) is 33.2 Å². The topological polar surface area (TPSA) is 40.6 Å². The summed E-state index contributed by atoms with van der Waals surface area (Å²) in [7, 11) is 0. The molecule has 3 rings (SSSR count). The number of carbonyl (C=O) groups excluding carboxylic acids is 2. The van der Waals surface area contributed by atoms with Gasteiger partial charge in [-0.3, -0.25) is 9.59 Å². The van der Waals surface area contributed by atoms with E-state index in [1.165, 1.54) is 12.5 Å². The second kappa shape index (κ2) is 7.51. The van der Waals surface area contributed by atoms with Crippen molar-refractivity contribution < 1.29 is 9.59 Å². The Bertz CT molecular complexity index is 785. The first-order chi connectivity index (χ1) is 12.0. The lowest BCUT2D eigenvalue weighted by molar-refractivity contribution is -0.134. The molecule has 2 amide bonds. The number of fused-ring (bicyclic) bond motifs is 1. The standard InChI is InChI=1S/C21H24N2O2/c1-16-7-5-8-18(13-16)14-22(17(2)24)15-21(25)23-12-6-10-19-9-3-4-11-20(19)23/h3-5,7-9,11,13H,6,10,12,14-15H2,1-2H3. The second-order valence-electron chi connectivity index (χ2n) is 6.64. The van der Waals surface area contributed by atoms with Crippen LogP contribution in [0.4, 0.5) is 5.69 Å². The summed E-state index contributed by atoms with van der Waals surface area (Å²) in [6.07, 6.45) is 1.96. The smallest absolute Gasteiger partial charge is 0.246 e. The fourth-order valence-corrected chi connectivity index (χ4v) is 3.35. The molecule has 0 bridgehead atoms. The van der Waals surface area contributed by atoms with Crippen LogP contribution in [0.3, 0.4) is 0 Å². The van der Waals surface area contributed by atoms with E-state index < -0.39 is 0 Å². The van der Waals surface area contributed by atoms with Crippen molar-refractivity contribution in [3.63, 3.8) is 0 Å². The zero-order valence-corrected chi connectivity index (χ0v) is 14.9. The van der Waals surface area contributed by atoms with E-state index in [0.717, 1.165) is 29.7 Å². The van der Waals surface area contributed by atoms with E-state index in [0.29, 0.717) is 13.1 Å². The van der Waals surface area contributed by atoms with Gasteiger partial charge in [-0.15, -0.1) is 0 Å². The summed E-state index contributed by atoms with van der Waals surface area (Å²) < 4.78 is 0. The number of rotatable bonds is 4. The average molecular weight is 336 g/mol. The van der Waals surface area contributed by atoms with Crippen LogP contribution in [0.15, 0.2) is 48.5 Å². The summed E-state index contributed by atoms with van der Waals surface area (Å²) >= 11 is 0. The molecule has 4 nitrogen and oxygen atoms in total. The molecule has 0 N–H and O–H groups in total. The molecule has 2 aromatic carbocycles. The van der Waals surface area contributed by atoms with Gasteiger partial charge < -0.3 is 9.80 Å². The molecule has 4 heteroatoms. The van der Waals surface area contributed by atoms with E-state index in [2.05, 4.69) is 12.1 Å². The van der Waals surface area contributed by atoms with E-state index >= 15 is 0 Å². The Morgan fingerprint density at radius 2 is 1.92 bits per heavy atom. The van der Waals surface area contributed by atoms with Gasteiger partial charge in [-0.2, -0.15) is 0 Å². The first kappa shape index (κ1) is 17.2. The number of anilines is 1. The third-order valence-corrected chi connectivity index (χ3v) is 4.64. The molecule has 130 valence electrons. The average Bonchev–Trinajstić information content (AvgIpc) is 2.60. The number of carbonyl (C=O) groups is 2. The van der Waals surface area contributed by atoms with Gasteiger partial charge in [0.1, 0.15) is 6.54 Å². The van der Waals surface area contributed by atoms with Gasteiger partial charge in [-0.1, -0.05) is 48.0 Å². The van der Waals surface area contributed by atoms with Crippen molar-refractivity contribution in [3.8, 4) is 0 Å². The van der Waals surface area contributed by atoms with Gasteiger partial charge in [0, 0.05) is 25.7 Å². The lowest BCUT2D eigenvalue weighted by Crippen LogP contribution is -2.44. The lowest BCUT2D eigenvalue weighted by Gasteiger charge is -2.31. The van der Waals surface area contributed by atoms with Crippen molar-refractivity contribution in [2.24, 2.45) is 0 Å². The van der Waals surface area contributed by atoms with Crippen molar-refractivity contribution in [3.05, 3.63) is 65.2 Å². The highest BCUT2D eigenvalue weighted by molar-refractivity contribution is 5.97. The minimum atomic E-state index is -0.0832. The Balaban J connectivity index is 1.75. The molecule has 25 heavy (non-hydrogen) atoms. The Morgan fingerprint density at radius 1 is 1.12 bits per heavy atom. The molecule has 0 saturated heterocycles. The van der Waals surface area contributed by atoms with E-state index in [4.69, 9.17) is 0 Å². The third-order valence-electron chi connectivity index (χ3n) is 4.64. The van der Waals surface area contributed by atoms with E-state index in [1.54, 1.807) is 4.90 Å². The summed E-state index contributed by atoms with van der Waals surface area (Å²) in [5.41, 5.74) is 4.38. The van der Waals surface area contributed by atoms with Gasteiger partial charge in [0.2, 0.25) is 11.8 Å². The molecule has 0 aliphatic carbocycles. The van der Waals surface area contributed by atoms with Gasteiger partial charge in [-0.25, -0.2) is 0 Å². The Labute approximate surface area is 149 Å². The number of hydrogen-bond donors (Lipinski definition) is 0. The number of aryl methyl sites for hydroxylation is 2. The van der Waals surface area contributed by atoms with Crippen LogP contribution in [0.1, 0.15) is 30.0 Å². The maximum Gasteiger partial charge on any atom is 0.246 e. The van der Waals surface area contributed by atoms with Gasteiger partial charge in [-0.05, 0) is 37.0 Å². The maximum absolute atomic E-state index is 12.9. The SMILES string of the molecule is CC(=O)N(CC(=O)N1CCCc2ccccc21)Cc1cccc(C)c1. The van der Waals surface area contributed by atoms with Gasteiger partial charge >= 0.3 is 0 Å². The van der Waals surface area contributed by atoms with Crippen molar-refractivity contribution >= 4 is 17.5 Å². The first-order valence-corrected chi connectivity index (χ1v) is 8.74. The number of hydrogen-bond acceptors (Lipinski definition) is 2. The minimum Gasteiger partial charge on any atom is -0.329 e. The highest BCUT2D eigenvalue weighted by atomic mass is 16.2. The second-order valence-corrected chi connectivity index (χ2v) is 6.64. The van der Waals surface area contributed by atoms with Crippen molar-refractivity contribution in [2.75, 3.05) is 18.0 Å². The highest BCUT2D eigenvalue weighted by Gasteiger charge is 2.24. The van der Waals surface area contributed by atoms with E-state index in [9.17, 15) is 9.59 Å². The zero-order chi connectivity index (χ0) is 17.8. The van der Waals surface area contributed by atoms with Crippen LogP contribution in [-0.2, 0) is 22.6 Å². The summed E-state index contributed by atoms with van der Waals surface area (Å²) in [5, 5.41) is 0. The third kappa shape index (κ3) is 4.08. The molecular formula is C21H24N2O2. The van der Waals surface area contributed by atoms with Crippen LogP contribution in [0.2, 0.25) is 0 Å². The van der Waals surface area contributed by atoms with E-state index in [-0.39, 0.29) is 18.4 Å². The molecule has 0 saturated carbocycles. The van der Waals surface area contributed by atoms with Gasteiger partial charge in [0.15, 0.2) is 0 Å². The number of benzene rings is 2. The molecule has 1 aliphatic rings. The molecule has 1 heterocycles. The Kier molecular flexibility index (Phi) is 5.17. The molecule has 2 aromatic rings. The largest absolute Gasteiger partial charge is 0.329 e. The van der Waals surface area contributed by atoms with Gasteiger partial charge in [0.25, 0.3) is 0 Å². The summed E-state index contributed by atoms with van der Waals surface area (Å²) in [6.45, 7) is 4.83. The predicted molar refractivity (Wildman–Crippen MR) is 99.4 cm³/mol. The molecule has 0 atom stereocenters. The molecule has 1 aliphatic heterocycles. The molecule has 0 aromatic heterocycles.